The first-order valence-electron chi connectivity index (χ1n) is 35.4. The maximum atomic E-state index is 12.9. The van der Waals surface area contributed by atoms with Gasteiger partial charge in [-0.05, 0) is 122 Å². The van der Waals surface area contributed by atoms with Crippen LogP contribution in [0.4, 0.5) is 0 Å². The van der Waals surface area contributed by atoms with E-state index in [4.69, 9.17) is 14.2 Å². The van der Waals surface area contributed by atoms with Gasteiger partial charge >= 0.3 is 17.9 Å². The summed E-state index contributed by atoms with van der Waals surface area (Å²) in [5.41, 5.74) is 0. The SMILES string of the molecule is CC/C=C\C/C=C\C/C=C\C/C=C\CCCCCCCCC(=O)OC(COC(=O)CCCCCCC/C=C\C/C=C\CCC)COC(=O)CCCCCCCCCCCCCCCCCCCC/C=C\C/C=C\C/C=C\CCCCCCC. The van der Waals surface area contributed by atoms with Crippen LogP contribution >= 0.6 is 0 Å². The van der Waals surface area contributed by atoms with Gasteiger partial charge in [0.05, 0.1) is 0 Å². The van der Waals surface area contributed by atoms with Gasteiger partial charge in [-0.15, -0.1) is 0 Å². The number of hydrogen-bond donors (Lipinski definition) is 0. The Morgan fingerprint density at radius 3 is 0.783 bits per heavy atom. The lowest BCUT2D eigenvalue weighted by Crippen LogP contribution is -2.30. The van der Waals surface area contributed by atoms with E-state index < -0.39 is 6.10 Å². The van der Waals surface area contributed by atoms with Gasteiger partial charge in [0.15, 0.2) is 6.10 Å². The molecule has 6 nitrogen and oxygen atoms in total. The first kappa shape index (κ1) is 79.1. The third kappa shape index (κ3) is 68.7. The zero-order chi connectivity index (χ0) is 59.9. The summed E-state index contributed by atoms with van der Waals surface area (Å²) < 4.78 is 16.9. The number of esters is 3. The summed E-state index contributed by atoms with van der Waals surface area (Å²) in [6, 6.07) is 0. The molecule has 6 heteroatoms. The summed E-state index contributed by atoms with van der Waals surface area (Å²) in [5.74, 6) is -0.905. The van der Waals surface area contributed by atoms with Gasteiger partial charge in [0.25, 0.3) is 0 Å². The average molecular weight is 1150 g/mol. The second-order valence-electron chi connectivity index (χ2n) is 23.4. The highest BCUT2D eigenvalue weighted by Gasteiger charge is 2.19. The van der Waals surface area contributed by atoms with Gasteiger partial charge in [0, 0.05) is 19.3 Å². The smallest absolute Gasteiger partial charge is 0.306 e. The summed E-state index contributed by atoms with van der Waals surface area (Å²) in [6.45, 7) is 6.46. The molecule has 0 bridgehead atoms. The number of hydrogen-bond acceptors (Lipinski definition) is 6. The zero-order valence-electron chi connectivity index (χ0n) is 54.7. The molecule has 0 aromatic heterocycles. The highest BCUT2D eigenvalue weighted by molar-refractivity contribution is 5.71. The molecule has 0 amide bonds. The maximum Gasteiger partial charge on any atom is 0.306 e. The van der Waals surface area contributed by atoms with E-state index in [1.165, 1.54) is 161 Å². The van der Waals surface area contributed by atoms with E-state index in [-0.39, 0.29) is 31.1 Å². The monoisotopic (exact) mass is 1150 g/mol. The van der Waals surface area contributed by atoms with Crippen LogP contribution in [0.2, 0.25) is 0 Å². The Bertz CT molecular complexity index is 1660. The number of allylic oxidation sites excluding steroid dienone is 18. The number of carbonyl (C=O) groups excluding carboxylic acids is 3. The van der Waals surface area contributed by atoms with Crippen molar-refractivity contribution in [3.8, 4) is 0 Å². The first-order valence-corrected chi connectivity index (χ1v) is 35.4. The summed E-state index contributed by atoms with van der Waals surface area (Å²) >= 11 is 0. The topological polar surface area (TPSA) is 78.9 Å². The molecule has 0 rings (SSSR count). The fraction of sp³-hybridized carbons (Fsp3) is 0.727. The molecular formula is C77H132O6. The van der Waals surface area contributed by atoms with Crippen molar-refractivity contribution in [2.75, 3.05) is 13.2 Å². The Morgan fingerprint density at radius 1 is 0.253 bits per heavy atom. The van der Waals surface area contributed by atoms with E-state index >= 15 is 0 Å². The van der Waals surface area contributed by atoms with Crippen molar-refractivity contribution in [1.82, 2.24) is 0 Å². The molecule has 0 aromatic carbocycles. The average Bonchev–Trinajstić information content (AvgIpc) is 3.49. The van der Waals surface area contributed by atoms with E-state index in [2.05, 4.69) is 130 Å². The molecular weight excluding hydrogens is 1020 g/mol. The number of unbranched alkanes of at least 4 members (excludes halogenated alkanes) is 35. The van der Waals surface area contributed by atoms with Crippen LogP contribution in [0.25, 0.3) is 0 Å². The minimum atomic E-state index is -0.794. The molecule has 0 aromatic rings. The van der Waals surface area contributed by atoms with Gasteiger partial charge in [-0.1, -0.05) is 310 Å². The lowest BCUT2D eigenvalue weighted by atomic mass is 10.0. The molecule has 0 heterocycles. The molecule has 0 radical (unpaired) electrons. The molecule has 476 valence electrons. The van der Waals surface area contributed by atoms with Crippen LogP contribution in [0.5, 0.6) is 0 Å². The number of carbonyl (C=O) groups is 3. The fourth-order valence-electron chi connectivity index (χ4n) is 9.95. The molecule has 1 atom stereocenters. The van der Waals surface area contributed by atoms with Crippen molar-refractivity contribution in [3.63, 3.8) is 0 Å². The molecule has 0 saturated carbocycles. The van der Waals surface area contributed by atoms with Crippen LogP contribution in [0.3, 0.4) is 0 Å². The Labute approximate surface area is 514 Å². The van der Waals surface area contributed by atoms with Crippen molar-refractivity contribution < 1.29 is 28.6 Å². The molecule has 0 aliphatic rings. The molecule has 0 fully saturated rings. The normalized spacial score (nSPS) is 12.8. The van der Waals surface area contributed by atoms with E-state index in [1.54, 1.807) is 0 Å². The largest absolute Gasteiger partial charge is 0.462 e. The van der Waals surface area contributed by atoms with Gasteiger partial charge in [-0.25, -0.2) is 0 Å². The van der Waals surface area contributed by atoms with Crippen LogP contribution in [0.1, 0.15) is 342 Å². The van der Waals surface area contributed by atoms with Crippen molar-refractivity contribution in [1.29, 1.82) is 0 Å². The van der Waals surface area contributed by atoms with E-state index in [1.807, 2.05) is 0 Å². The standard InChI is InChI=1S/C77H132O6/c1-4-7-10-13-16-19-22-25-27-29-31-32-33-34-35-36-37-38-39-40-41-42-43-44-46-47-49-52-55-58-61-64-67-70-76(79)82-73-74(72-81-75(78)69-66-63-60-57-54-51-24-21-18-15-12-9-6-3)83-77(80)71-68-65-62-59-56-53-50-48-45-30-28-26-23-20-17-14-11-8-5-2/h8,11-12,15,17,20-22,24-26,28-29,31,33-34,45,48,74H,4-7,9-10,13-14,16,18-19,23,27,30,32,35-44,46-47,49-73H2,1-3H3/b11-8-,15-12-,20-17-,24-21-,25-22-,28-26-,31-29-,34-33-,48-45-. The molecule has 0 aliphatic carbocycles. The van der Waals surface area contributed by atoms with Crippen LogP contribution in [-0.2, 0) is 28.6 Å². The predicted molar refractivity (Wildman–Crippen MR) is 362 cm³/mol. The van der Waals surface area contributed by atoms with E-state index in [0.29, 0.717) is 19.3 Å². The molecule has 0 saturated heterocycles. The van der Waals surface area contributed by atoms with E-state index in [0.717, 1.165) is 141 Å². The van der Waals surface area contributed by atoms with Crippen LogP contribution < -0.4 is 0 Å². The maximum absolute atomic E-state index is 12.9. The van der Waals surface area contributed by atoms with Gasteiger partial charge in [0.1, 0.15) is 13.2 Å². The fourth-order valence-corrected chi connectivity index (χ4v) is 9.95. The Kier molecular flexibility index (Phi) is 67.2. The summed E-state index contributed by atoms with van der Waals surface area (Å²) in [5, 5.41) is 0. The Morgan fingerprint density at radius 2 is 0.494 bits per heavy atom. The predicted octanol–water partition coefficient (Wildman–Crippen LogP) is 24.6. The molecule has 0 N–H and O–H groups in total. The third-order valence-electron chi connectivity index (χ3n) is 15.2. The number of rotatable bonds is 64. The van der Waals surface area contributed by atoms with Crippen molar-refractivity contribution >= 4 is 17.9 Å². The highest BCUT2D eigenvalue weighted by Crippen LogP contribution is 2.17. The lowest BCUT2D eigenvalue weighted by Gasteiger charge is -2.18. The molecule has 0 aliphatic heterocycles. The minimum Gasteiger partial charge on any atom is -0.462 e. The molecule has 0 spiro atoms. The van der Waals surface area contributed by atoms with Crippen molar-refractivity contribution in [2.45, 2.75) is 348 Å². The van der Waals surface area contributed by atoms with Gasteiger partial charge in [0.2, 0.25) is 0 Å². The molecule has 1 unspecified atom stereocenters. The summed E-state index contributed by atoms with van der Waals surface area (Å²) in [7, 11) is 0. The zero-order valence-corrected chi connectivity index (χ0v) is 54.7. The third-order valence-corrected chi connectivity index (χ3v) is 15.2. The van der Waals surface area contributed by atoms with Crippen LogP contribution in [0, 0.1) is 0 Å². The van der Waals surface area contributed by atoms with Gasteiger partial charge in [-0.2, -0.15) is 0 Å². The van der Waals surface area contributed by atoms with Crippen LogP contribution in [-0.4, -0.2) is 37.2 Å². The lowest BCUT2D eigenvalue weighted by molar-refractivity contribution is -0.167. The van der Waals surface area contributed by atoms with Gasteiger partial charge < -0.3 is 14.2 Å². The molecule has 83 heavy (non-hydrogen) atoms. The second kappa shape index (κ2) is 70.6. The van der Waals surface area contributed by atoms with E-state index in [9.17, 15) is 14.4 Å². The highest BCUT2D eigenvalue weighted by atomic mass is 16.6. The minimum absolute atomic E-state index is 0.0871. The summed E-state index contributed by atoms with van der Waals surface area (Å²) in [4.78, 5) is 38.4. The number of ether oxygens (including phenoxy) is 3. The second-order valence-corrected chi connectivity index (χ2v) is 23.4. The van der Waals surface area contributed by atoms with Crippen molar-refractivity contribution in [2.24, 2.45) is 0 Å². The van der Waals surface area contributed by atoms with Gasteiger partial charge in [-0.3, -0.25) is 14.4 Å². The Balaban J connectivity index is 4.20. The van der Waals surface area contributed by atoms with Crippen molar-refractivity contribution in [3.05, 3.63) is 109 Å². The Hall–Kier alpha value is -3.93. The first-order chi connectivity index (χ1) is 41.0. The quantitative estimate of drug-likeness (QED) is 0.0261. The summed E-state index contributed by atoms with van der Waals surface area (Å²) in [6.07, 6.45) is 97.0. The van der Waals surface area contributed by atoms with Crippen LogP contribution in [0.15, 0.2) is 109 Å².